The molecule has 0 unspecified atom stereocenters. The van der Waals surface area contributed by atoms with Gasteiger partial charge in [-0.2, -0.15) is 0 Å². The number of hydrogen-bond acceptors (Lipinski definition) is 2. The van der Waals surface area contributed by atoms with Crippen LogP contribution < -0.4 is 10.2 Å². The number of carboxylic acid groups (broad SMARTS) is 1. The summed E-state index contributed by atoms with van der Waals surface area (Å²) in [6.45, 7) is 1.15. The maximum absolute atomic E-state index is 12.3. The highest BCUT2D eigenvalue weighted by atomic mass is 16.4. The summed E-state index contributed by atoms with van der Waals surface area (Å²) >= 11 is 0. The van der Waals surface area contributed by atoms with E-state index in [0.29, 0.717) is 13.0 Å². The van der Waals surface area contributed by atoms with Crippen molar-refractivity contribution in [2.24, 2.45) is 0 Å². The molecule has 21 heavy (non-hydrogen) atoms. The number of urea groups is 1. The molecule has 1 aliphatic heterocycles. The summed E-state index contributed by atoms with van der Waals surface area (Å²) in [4.78, 5) is 24.6. The summed E-state index contributed by atoms with van der Waals surface area (Å²) in [7, 11) is 0. The van der Waals surface area contributed by atoms with Gasteiger partial charge in [-0.25, -0.2) is 4.79 Å². The van der Waals surface area contributed by atoms with E-state index in [1.807, 2.05) is 23.1 Å². The van der Waals surface area contributed by atoms with E-state index in [9.17, 15) is 9.59 Å². The van der Waals surface area contributed by atoms with E-state index in [0.717, 1.165) is 25.1 Å². The molecule has 1 saturated carbocycles. The van der Waals surface area contributed by atoms with Crippen molar-refractivity contribution in [1.29, 1.82) is 0 Å². The summed E-state index contributed by atoms with van der Waals surface area (Å²) in [5.74, 6) is -0.829. The van der Waals surface area contributed by atoms with Crippen LogP contribution in [0.4, 0.5) is 10.5 Å². The van der Waals surface area contributed by atoms with Gasteiger partial charge in [0.1, 0.15) is 0 Å². The molecular formula is C16H20N2O3. The van der Waals surface area contributed by atoms with Crippen LogP contribution in [0.1, 0.15) is 37.7 Å². The molecule has 112 valence electrons. The van der Waals surface area contributed by atoms with Gasteiger partial charge in [0.05, 0.1) is 0 Å². The van der Waals surface area contributed by atoms with Crippen LogP contribution in [0, 0.1) is 0 Å². The van der Waals surface area contributed by atoms with E-state index >= 15 is 0 Å². The standard InChI is InChI=1S/C16H20N2O3/c19-14(20)7-3-10-17-15(21)18-11-16(8-4-9-16)12-5-1-2-6-13(12)18/h1-2,5-6H,3-4,7-11H2,(H,17,21)(H,19,20). The van der Waals surface area contributed by atoms with Crippen LogP contribution in [0.25, 0.3) is 0 Å². The first-order valence-electron chi connectivity index (χ1n) is 7.49. The minimum atomic E-state index is -0.829. The van der Waals surface area contributed by atoms with Gasteiger partial charge >= 0.3 is 12.0 Å². The Labute approximate surface area is 123 Å². The third kappa shape index (κ3) is 2.48. The molecule has 2 amide bonds. The molecule has 5 heteroatoms. The van der Waals surface area contributed by atoms with Crippen LogP contribution in [0.15, 0.2) is 24.3 Å². The first-order chi connectivity index (χ1) is 10.1. The van der Waals surface area contributed by atoms with Crippen LogP contribution in [0.3, 0.4) is 0 Å². The molecule has 1 spiro atoms. The van der Waals surface area contributed by atoms with Gasteiger partial charge in [0.2, 0.25) is 0 Å². The highest BCUT2D eigenvalue weighted by Crippen LogP contribution is 2.52. The number of anilines is 1. The maximum Gasteiger partial charge on any atom is 0.321 e. The van der Waals surface area contributed by atoms with Crippen LogP contribution in [-0.4, -0.2) is 30.2 Å². The molecule has 5 nitrogen and oxygen atoms in total. The number of aliphatic carboxylic acids is 1. The monoisotopic (exact) mass is 288 g/mol. The lowest BCUT2D eigenvalue weighted by molar-refractivity contribution is -0.137. The SMILES string of the molecule is O=C(O)CCCNC(=O)N1CC2(CCC2)c2ccccc21. The topological polar surface area (TPSA) is 69.6 Å². The van der Waals surface area contributed by atoms with Crippen molar-refractivity contribution in [3.05, 3.63) is 29.8 Å². The van der Waals surface area contributed by atoms with E-state index in [2.05, 4.69) is 11.4 Å². The van der Waals surface area contributed by atoms with Crippen molar-refractivity contribution in [2.75, 3.05) is 18.0 Å². The number of para-hydroxylation sites is 1. The second-order valence-corrected chi connectivity index (χ2v) is 5.97. The molecule has 2 N–H and O–H groups in total. The lowest BCUT2D eigenvalue weighted by Crippen LogP contribution is -2.45. The van der Waals surface area contributed by atoms with Crippen molar-refractivity contribution < 1.29 is 14.7 Å². The first kappa shape index (κ1) is 13.9. The number of carbonyl (C=O) groups is 2. The fourth-order valence-electron chi connectivity index (χ4n) is 3.37. The number of benzene rings is 1. The van der Waals surface area contributed by atoms with Crippen LogP contribution in [-0.2, 0) is 10.2 Å². The molecule has 0 aromatic heterocycles. The average Bonchev–Trinajstić information content (AvgIpc) is 2.79. The fourth-order valence-corrected chi connectivity index (χ4v) is 3.37. The number of carbonyl (C=O) groups excluding carboxylic acids is 1. The molecule has 1 aliphatic carbocycles. The number of rotatable bonds is 4. The van der Waals surface area contributed by atoms with Gasteiger partial charge in [-0.3, -0.25) is 9.69 Å². The normalized spacial score (nSPS) is 18.2. The summed E-state index contributed by atoms with van der Waals surface area (Å²) in [5, 5.41) is 11.4. The number of amides is 2. The van der Waals surface area contributed by atoms with Gasteiger partial charge in [0, 0.05) is 30.6 Å². The molecule has 2 aliphatic rings. The molecule has 3 rings (SSSR count). The van der Waals surface area contributed by atoms with Crippen molar-refractivity contribution in [3.8, 4) is 0 Å². The highest BCUT2D eigenvalue weighted by molar-refractivity contribution is 5.95. The highest BCUT2D eigenvalue weighted by Gasteiger charge is 2.48. The first-order valence-corrected chi connectivity index (χ1v) is 7.49. The Morgan fingerprint density at radius 1 is 1.29 bits per heavy atom. The molecule has 1 aromatic rings. The zero-order valence-corrected chi connectivity index (χ0v) is 12.0. The van der Waals surface area contributed by atoms with Gasteiger partial charge in [-0.1, -0.05) is 24.6 Å². The summed E-state index contributed by atoms with van der Waals surface area (Å²) in [6.07, 6.45) is 4.06. The molecular weight excluding hydrogens is 268 g/mol. The Hall–Kier alpha value is -2.04. The Morgan fingerprint density at radius 3 is 2.71 bits per heavy atom. The Balaban J connectivity index is 1.66. The lowest BCUT2D eigenvalue weighted by atomic mass is 9.66. The summed E-state index contributed by atoms with van der Waals surface area (Å²) < 4.78 is 0. The largest absolute Gasteiger partial charge is 0.481 e. The minimum Gasteiger partial charge on any atom is -0.481 e. The maximum atomic E-state index is 12.3. The van der Waals surface area contributed by atoms with Crippen LogP contribution in [0.2, 0.25) is 0 Å². The predicted octanol–water partition coefficient (Wildman–Crippen LogP) is 2.50. The second-order valence-electron chi connectivity index (χ2n) is 5.97. The molecule has 1 aromatic carbocycles. The van der Waals surface area contributed by atoms with Crippen LogP contribution >= 0.6 is 0 Å². The fraction of sp³-hybridized carbons (Fsp3) is 0.500. The van der Waals surface area contributed by atoms with Crippen molar-refractivity contribution in [1.82, 2.24) is 5.32 Å². The Bertz CT molecular complexity index is 566. The molecule has 1 fully saturated rings. The van der Waals surface area contributed by atoms with Gasteiger partial charge in [0.25, 0.3) is 0 Å². The van der Waals surface area contributed by atoms with Gasteiger partial charge in [0.15, 0.2) is 0 Å². The number of hydrogen-bond donors (Lipinski definition) is 2. The number of fused-ring (bicyclic) bond motifs is 2. The van der Waals surface area contributed by atoms with E-state index < -0.39 is 5.97 Å². The van der Waals surface area contributed by atoms with E-state index in [1.54, 1.807) is 0 Å². The number of nitrogens with zero attached hydrogens (tertiary/aromatic N) is 1. The summed E-state index contributed by atoms with van der Waals surface area (Å²) in [5.41, 5.74) is 2.46. The van der Waals surface area contributed by atoms with E-state index in [-0.39, 0.29) is 17.9 Å². The molecule has 0 radical (unpaired) electrons. The van der Waals surface area contributed by atoms with Crippen molar-refractivity contribution in [3.63, 3.8) is 0 Å². The van der Waals surface area contributed by atoms with E-state index in [4.69, 9.17) is 5.11 Å². The van der Waals surface area contributed by atoms with E-state index in [1.165, 1.54) is 12.0 Å². The quantitative estimate of drug-likeness (QED) is 0.836. The second kappa shape index (κ2) is 5.39. The predicted molar refractivity (Wildman–Crippen MR) is 79.6 cm³/mol. The lowest BCUT2D eigenvalue weighted by Gasteiger charge is -2.38. The molecule has 0 saturated heterocycles. The number of nitrogens with one attached hydrogen (secondary N) is 1. The molecule has 1 heterocycles. The third-order valence-corrected chi connectivity index (χ3v) is 4.63. The zero-order chi connectivity index (χ0) is 14.9. The summed E-state index contributed by atoms with van der Waals surface area (Å²) in [6, 6.07) is 8.01. The zero-order valence-electron chi connectivity index (χ0n) is 12.0. The Morgan fingerprint density at radius 2 is 2.05 bits per heavy atom. The van der Waals surface area contributed by atoms with Gasteiger partial charge in [-0.15, -0.1) is 0 Å². The molecule has 0 atom stereocenters. The average molecular weight is 288 g/mol. The third-order valence-electron chi connectivity index (χ3n) is 4.63. The Kier molecular flexibility index (Phi) is 3.57. The minimum absolute atomic E-state index is 0.0841. The smallest absolute Gasteiger partial charge is 0.321 e. The molecule has 0 bridgehead atoms. The van der Waals surface area contributed by atoms with Crippen LogP contribution in [0.5, 0.6) is 0 Å². The van der Waals surface area contributed by atoms with Gasteiger partial charge in [-0.05, 0) is 30.9 Å². The van der Waals surface area contributed by atoms with Gasteiger partial charge < -0.3 is 10.4 Å². The van der Waals surface area contributed by atoms with Crippen molar-refractivity contribution >= 4 is 17.7 Å². The van der Waals surface area contributed by atoms with Crippen molar-refractivity contribution in [2.45, 2.75) is 37.5 Å². The number of carboxylic acids is 1.